The van der Waals surface area contributed by atoms with Crippen LogP contribution < -0.4 is 0 Å². The standard InChI is InChI=1S/C19H22N2O/c22-19(8-4-7-16-5-2-1-3-6-16)21(18-9-10-18)15-17-11-13-20-14-12-17/h1-3,5-6,11-14,18H,4,7-10,15H2. The average Bonchev–Trinajstić information content (AvgIpc) is 3.39. The molecular formula is C19H22N2O. The van der Waals surface area contributed by atoms with Crippen LogP contribution in [0.25, 0.3) is 0 Å². The third-order valence-electron chi connectivity index (χ3n) is 4.11. The first-order chi connectivity index (χ1) is 10.8. The van der Waals surface area contributed by atoms with Gasteiger partial charge in [0.15, 0.2) is 0 Å². The normalized spacial score (nSPS) is 13.8. The smallest absolute Gasteiger partial charge is 0.223 e. The lowest BCUT2D eigenvalue weighted by atomic mass is 10.1. The van der Waals surface area contributed by atoms with Gasteiger partial charge in [0.25, 0.3) is 0 Å². The molecule has 0 radical (unpaired) electrons. The summed E-state index contributed by atoms with van der Waals surface area (Å²) in [6.45, 7) is 0.720. The lowest BCUT2D eigenvalue weighted by molar-refractivity contribution is -0.132. The summed E-state index contributed by atoms with van der Waals surface area (Å²) >= 11 is 0. The molecule has 0 spiro atoms. The molecule has 2 aromatic rings. The fourth-order valence-electron chi connectivity index (χ4n) is 2.72. The molecule has 1 aliphatic rings. The van der Waals surface area contributed by atoms with Crippen LogP contribution in [-0.2, 0) is 17.8 Å². The number of hydrogen-bond donors (Lipinski definition) is 0. The van der Waals surface area contributed by atoms with Gasteiger partial charge in [0.05, 0.1) is 0 Å². The topological polar surface area (TPSA) is 33.2 Å². The van der Waals surface area contributed by atoms with Gasteiger partial charge >= 0.3 is 0 Å². The minimum atomic E-state index is 0.287. The Balaban J connectivity index is 1.52. The van der Waals surface area contributed by atoms with Gasteiger partial charge in [0.1, 0.15) is 0 Å². The summed E-state index contributed by atoms with van der Waals surface area (Å²) in [4.78, 5) is 18.6. The summed E-state index contributed by atoms with van der Waals surface area (Å²) < 4.78 is 0. The second kappa shape index (κ2) is 7.21. The van der Waals surface area contributed by atoms with Crippen LogP contribution in [-0.4, -0.2) is 21.8 Å². The third-order valence-corrected chi connectivity index (χ3v) is 4.11. The van der Waals surface area contributed by atoms with E-state index in [0.717, 1.165) is 32.2 Å². The Morgan fingerprint density at radius 3 is 2.45 bits per heavy atom. The third kappa shape index (κ3) is 4.17. The monoisotopic (exact) mass is 294 g/mol. The predicted molar refractivity (Wildman–Crippen MR) is 87.2 cm³/mol. The van der Waals surface area contributed by atoms with Crippen molar-refractivity contribution in [3.05, 3.63) is 66.0 Å². The van der Waals surface area contributed by atoms with Crippen molar-refractivity contribution in [2.75, 3.05) is 0 Å². The summed E-state index contributed by atoms with van der Waals surface area (Å²) in [5, 5.41) is 0. The van der Waals surface area contributed by atoms with Gasteiger partial charge in [-0.25, -0.2) is 0 Å². The van der Waals surface area contributed by atoms with Gasteiger partial charge < -0.3 is 4.90 Å². The molecule has 3 rings (SSSR count). The lowest BCUT2D eigenvalue weighted by Crippen LogP contribution is -2.32. The lowest BCUT2D eigenvalue weighted by Gasteiger charge is -2.22. The molecule has 0 N–H and O–H groups in total. The van der Waals surface area contributed by atoms with Crippen molar-refractivity contribution in [1.82, 2.24) is 9.88 Å². The molecule has 0 aliphatic heterocycles. The minimum absolute atomic E-state index is 0.287. The Morgan fingerprint density at radius 1 is 1.05 bits per heavy atom. The summed E-state index contributed by atoms with van der Waals surface area (Å²) in [5.74, 6) is 0.287. The van der Waals surface area contributed by atoms with E-state index in [2.05, 4.69) is 34.1 Å². The Morgan fingerprint density at radius 2 is 1.77 bits per heavy atom. The fraction of sp³-hybridized carbons (Fsp3) is 0.368. The maximum Gasteiger partial charge on any atom is 0.223 e. The van der Waals surface area contributed by atoms with Crippen molar-refractivity contribution >= 4 is 5.91 Å². The van der Waals surface area contributed by atoms with Gasteiger partial charge in [-0.2, -0.15) is 0 Å². The van der Waals surface area contributed by atoms with Crippen LogP contribution in [0.4, 0.5) is 0 Å². The zero-order valence-corrected chi connectivity index (χ0v) is 12.8. The molecule has 0 atom stereocenters. The fourth-order valence-corrected chi connectivity index (χ4v) is 2.72. The Hall–Kier alpha value is -2.16. The summed E-state index contributed by atoms with van der Waals surface area (Å²) in [7, 11) is 0. The number of hydrogen-bond acceptors (Lipinski definition) is 2. The maximum atomic E-state index is 12.5. The number of aromatic nitrogens is 1. The van der Waals surface area contributed by atoms with Gasteiger partial charge in [-0.15, -0.1) is 0 Å². The molecule has 0 unspecified atom stereocenters. The Kier molecular flexibility index (Phi) is 4.84. The van der Waals surface area contributed by atoms with Gasteiger partial charge in [0, 0.05) is 31.4 Å². The largest absolute Gasteiger partial charge is 0.335 e. The molecule has 0 bridgehead atoms. The SMILES string of the molecule is O=C(CCCc1ccccc1)N(Cc1ccncc1)C1CC1. The van der Waals surface area contributed by atoms with Crippen molar-refractivity contribution in [1.29, 1.82) is 0 Å². The second-order valence-electron chi connectivity index (χ2n) is 5.95. The molecule has 114 valence electrons. The highest BCUT2D eigenvalue weighted by molar-refractivity contribution is 5.76. The van der Waals surface area contributed by atoms with Crippen LogP contribution in [0, 0.1) is 0 Å². The highest BCUT2D eigenvalue weighted by Crippen LogP contribution is 2.29. The highest BCUT2D eigenvalue weighted by atomic mass is 16.2. The van der Waals surface area contributed by atoms with Crippen LogP contribution in [0.5, 0.6) is 0 Å². The van der Waals surface area contributed by atoms with Crippen LogP contribution in [0.15, 0.2) is 54.9 Å². The van der Waals surface area contributed by atoms with E-state index in [9.17, 15) is 4.79 Å². The number of rotatable bonds is 7. The van der Waals surface area contributed by atoms with Gasteiger partial charge in [-0.05, 0) is 48.9 Å². The number of amides is 1. The molecule has 1 saturated carbocycles. The predicted octanol–water partition coefficient (Wildman–Crippen LogP) is 3.60. The van der Waals surface area contributed by atoms with E-state index in [0.29, 0.717) is 12.5 Å². The molecule has 3 nitrogen and oxygen atoms in total. The number of carbonyl (C=O) groups excluding carboxylic acids is 1. The van der Waals surface area contributed by atoms with E-state index >= 15 is 0 Å². The van der Waals surface area contributed by atoms with Crippen LogP contribution >= 0.6 is 0 Å². The number of pyridine rings is 1. The molecular weight excluding hydrogens is 272 g/mol. The van der Waals surface area contributed by atoms with E-state index in [1.165, 1.54) is 11.1 Å². The molecule has 1 amide bonds. The number of nitrogens with zero attached hydrogens (tertiary/aromatic N) is 2. The molecule has 1 aromatic heterocycles. The molecule has 22 heavy (non-hydrogen) atoms. The Bertz CT molecular complexity index is 593. The number of aryl methyl sites for hydroxylation is 1. The summed E-state index contributed by atoms with van der Waals surface area (Å²) in [6.07, 6.45) is 8.41. The van der Waals surface area contributed by atoms with Crippen LogP contribution in [0.2, 0.25) is 0 Å². The zero-order valence-electron chi connectivity index (χ0n) is 12.8. The first-order valence-corrected chi connectivity index (χ1v) is 8.05. The molecule has 3 heteroatoms. The van der Waals surface area contributed by atoms with E-state index in [1.54, 1.807) is 12.4 Å². The van der Waals surface area contributed by atoms with Gasteiger partial charge in [-0.3, -0.25) is 9.78 Å². The van der Waals surface area contributed by atoms with E-state index < -0.39 is 0 Å². The summed E-state index contributed by atoms with van der Waals surface area (Å²) in [5.41, 5.74) is 2.47. The molecule has 1 aliphatic carbocycles. The van der Waals surface area contributed by atoms with E-state index in [-0.39, 0.29) is 5.91 Å². The molecule has 0 saturated heterocycles. The number of benzene rings is 1. The molecule has 1 aromatic carbocycles. The maximum absolute atomic E-state index is 12.5. The second-order valence-corrected chi connectivity index (χ2v) is 5.95. The van der Waals surface area contributed by atoms with Gasteiger partial charge in [0.2, 0.25) is 5.91 Å². The first-order valence-electron chi connectivity index (χ1n) is 8.05. The first kappa shape index (κ1) is 14.8. The molecule has 1 heterocycles. The number of carbonyl (C=O) groups is 1. The minimum Gasteiger partial charge on any atom is -0.335 e. The van der Waals surface area contributed by atoms with Crippen LogP contribution in [0.3, 0.4) is 0 Å². The van der Waals surface area contributed by atoms with Crippen molar-refractivity contribution in [3.8, 4) is 0 Å². The van der Waals surface area contributed by atoms with Crippen molar-refractivity contribution < 1.29 is 4.79 Å². The van der Waals surface area contributed by atoms with E-state index in [4.69, 9.17) is 0 Å². The van der Waals surface area contributed by atoms with Crippen LogP contribution in [0.1, 0.15) is 36.8 Å². The van der Waals surface area contributed by atoms with Crippen molar-refractivity contribution in [2.24, 2.45) is 0 Å². The highest BCUT2D eigenvalue weighted by Gasteiger charge is 2.32. The van der Waals surface area contributed by atoms with Crippen molar-refractivity contribution in [3.63, 3.8) is 0 Å². The average molecular weight is 294 g/mol. The Labute approximate surface area is 132 Å². The quantitative estimate of drug-likeness (QED) is 0.782. The zero-order chi connectivity index (χ0) is 15.2. The molecule has 1 fully saturated rings. The van der Waals surface area contributed by atoms with Gasteiger partial charge in [-0.1, -0.05) is 30.3 Å². The summed E-state index contributed by atoms with van der Waals surface area (Å²) in [6, 6.07) is 14.8. The van der Waals surface area contributed by atoms with Crippen molar-refractivity contribution in [2.45, 2.75) is 44.7 Å². The van der Waals surface area contributed by atoms with E-state index in [1.807, 2.05) is 18.2 Å².